The van der Waals surface area contributed by atoms with Crippen LogP contribution in [0.25, 0.3) is 0 Å². The predicted molar refractivity (Wildman–Crippen MR) is 169 cm³/mol. The molecular formula is C33H26Cl3F5N2O8. The third-order valence-corrected chi connectivity index (χ3v) is 11.9. The summed E-state index contributed by atoms with van der Waals surface area (Å²) in [7, 11) is 1.17. The second-order valence-corrected chi connectivity index (χ2v) is 14.4. The number of carboxylic acid groups (broad SMARTS) is 1. The van der Waals surface area contributed by atoms with Crippen molar-refractivity contribution in [2.24, 2.45) is 17.8 Å². The molecule has 6 atom stereocenters. The number of nitrogens with zero attached hydrogens (tertiary/aromatic N) is 2. The number of phenols is 1. The highest BCUT2D eigenvalue weighted by molar-refractivity contribution is 6.58. The zero-order valence-corrected chi connectivity index (χ0v) is 28.5. The van der Waals surface area contributed by atoms with Crippen molar-refractivity contribution in [3.63, 3.8) is 0 Å². The minimum Gasteiger partial charge on any atom is -0.503 e. The number of alkyl halides is 2. The Morgan fingerprint density at radius 2 is 1.55 bits per heavy atom. The van der Waals surface area contributed by atoms with Crippen LogP contribution in [0.3, 0.4) is 0 Å². The Morgan fingerprint density at radius 3 is 2.16 bits per heavy atom. The summed E-state index contributed by atoms with van der Waals surface area (Å²) in [5.74, 6) is -23.7. The number of carboxylic acids is 1. The molecule has 51 heavy (non-hydrogen) atoms. The van der Waals surface area contributed by atoms with E-state index in [1.165, 1.54) is 19.3 Å². The Bertz CT molecular complexity index is 1940. The van der Waals surface area contributed by atoms with Crippen LogP contribution in [0.2, 0.25) is 5.02 Å². The standard InChI is InChI=1S/C33H26Cl3F5N2O8/c1-51-17-10-12(9-16(34)27(17)46)20-13-6-7-14-19(29(48)42(28(14)47)8-4-2-3-5-18(44)45)15(13)11-32(35)30(49)43(31(50)33(20,32)36)26-24(40)22(38)21(37)23(39)25(26)41/h6,9-10,14-15,19-20,46H,2-5,7-8,11H2,1H3,(H,44,45)/t14-,15+,19-,20-,32+,33-/m0/s1. The first kappa shape index (κ1) is 36.8. The number of amides is 4. The molecule has 2 aliphatic carbocycles. The van der Waals surface area contributed by atoms with E-state index < -0.39 is 110 Å². The van der Waals surface area contributed by atoms with Crippen molar-refractivity contribution >= 4 is 70.1 Å². The smallest absolute Gasteiger partial charge is 0.303 e. The Kier molecular flexibility index (Phi) is 9.33. The minimum absolute atomic E-state index is 0.0442. The number of ether oxygens (including phenoxy) is 1. The number of phenolic OH excluding ortho intramolecular Hbond substituents is 1. The number of carbonyl (C=O) groups excluding carboxylic acids is 4. The van der Waals surface area contributed by atoms with E-state index in [1.54, 1.807) is 0 Å². The summed E-state index contributed by atoms with van der Waals surface area (Å²) in [4.78, 5) is 62.2. The molecule has 2 aromatic rings. The van der Waals surface area contributed by atoms with Gasteiger partial charge in [0.15, 0.2) is 44.5 Å². The van der Waals surface area contributed by atoms with Crippen LogP contribution in [0.15, 0.2) is 23.8 Å². The second kappa shape index (κ2) is 12.9. The monoisotopic (exact) mass is 778 g/mol. The summed E-state index contributed by atoms with van der Waals surface area (Å²) in [6, 6.07) is 2.33. The molecule has 0 unspecified atom stereocenters. The average molecular weight is 780 g/mol. The SMILES string of the molecule is COc1cc([C@H]2C3=CC[C@@H]4C(=O)N(CCCCCC(=O)O)C(=O)[C@@H]4[C@@H]3C[C@@]3(Cl)C(=O)N(c4c(F)c(F)c(F)c(F)c4F)C(=O)[C@@]23Cl)cc(Cl)c1O. The lowest BCUT2D eigenvalue weighted by atomic mass is 9.56. The number of anilines is 1. The van der Waals surface area contributed by atoms with Gasteiger partial charge in [0.25, 0.3) is 11.8 Å². The molecule has 0 spiro atoms. The summed E-state index contributed by atoms with van der Waals surface area (Å²) in [5.41, 5.74) is -1.76. The highest BCUT2D eigenvalue weighted by atomic mass is 35.5. The van der Waals surface area contributed by atoms with Crippen LogP contribution < -0.4 is 9.64 Å². The summed E-state index contributed by atoms with van der Waals surface area (Å²) in [6.07, 6.45) is 1.63. The van der Waals surface area contributed by atoms with Crippen LogP contribution in [0.5, 0.6) is 11.5 Å². The molecule has 18 heteroatoms. The van der Waals surface area contributed by atoms with Gasteiger partial charge in [-0.3, -0.25) is 28.9 Å². The van der Waals surface area contributed by atoms with E-state index in [0.29, 0.717) is 12.8 Å². The lowest BCUT2D eigenvalue weighted by molar-refractivity contribution is -0.141. The average Bonchev–Trinajstić information content (AvgIpc) is 3.41. The van der Waals surface area contributed by atoms with Gasteiger partial charge in [0.1, 0.15) is 5.69 Å². The number of unbranched alkanes of at least 4 members (excludes halogenated alkanes) is 2. The number of hydrogen-bond donors (Lipinski definition) is 2. The number of carbonyl (C=O) groups is 5. The van der Waals surface area contributed by atoms with Gasteiger partial charge in [-0.25, -0.2) is 26.9 Å². The van der Waals surface area contributed by atoms with E-state index in [0.717, 1.165) is 11.0 Å². The van der Waals surface area contributed by atoms with Crippen LogP contribution in [-0.4, -0.2) is 68.1 Å². The van der Waals surface area contributed by atoms with Crippen LogP contribution >= 0.6 is 34.8 Å². The van der Waals surface area contributed by atoms with E-state index in [4.69, 9.17) is 44.6 Å². The molecule has 0 aromatic heterocycles. The number of aromatic hydroxyl groups is 1. The molecule has 4 aliphatic rings. The molecule has 6 rings (SSSR count). The molecule has 2 aromatic carbocycles. The van der Waals surface area contributed by atoms with Crippen molar-refractivity contribution in [3.8, 4) is 11.5 Å². The maximum Gasteiger partial charge on any atom is 0.303 e. The first-order valence-corrected chi connectivity index (χ1v) is 16.7. The van der Waals surface area contributed by atoms with Crippen molar-refractivity contribution in [1.29, 1.82) is 0 Å². The number of aliphatic carboxylic acids is 1. The van der Waals surface area contributed by atoms with Crippen LogP contribution in [-0.2, 0) is 24.0 Å². The van der Waals surface area contributed by atoms with Gasteiger partial charge >= 0.3 is 5.97 Å². The zero-order chi connectivity index (χ0) is 37.5. The van der Waals surface area contributed by atoms with Crippen molar-refractivity contribution < 1.29 is 60.9 Å². The van der Waals surface area contributed by atoms with Crippen molar-refractivity contribution in [1.82, 2.24) is 4.90 Å². The lowest BCUT2D eigenvalue weighted by Crippen LogP contribution is -2.60. The largest absolute Gasteiger partial charge is 0.503 e. The fraction of sp³-hybridized carbons (Fsp3) is 0.424. The Labute approximate surface area is 300 Å². The maximum absolute atomic E-state index is 15.2. The van der Waals surface area contributed by atoms with Crippen molar-refractivity contribution in [2.45, 2.75) is 54.2 Å². The molecule has 4 amide bonds. The van der Waals surface area contributed by atoms with Gasteiger partial charge in [0.05, 0.1) is 24.0 Å². The predicted octanol–water partition coefficient (Wildman–Crippen LogP) is 5.96. The number of allylic oxidation sites excluding steroid dienone is 2. The second-order valence-electron chi connectivity index (χ2n) is 12.8. The lowest BCUT2D eigenvalue weighted by Gasteiger charge is -2.50. The fourth-order valence-electron chi connectivity index (χ4n) is 7.87. The third-order valence-electron chi connectivity index (χ3n) is 10.2. The molecule has 1 saturated carbocycles. The summed E-state index contributed by atoms with van der Waals surface area (Å²) < 4.78 is 78.4. The maximum atomic E-state index is 15.2. The molecule has 10 nitrogen and oxygen atoms in total. The van der Waals surface area contributed by atoms with E-state index in [9.17, 15) is 42.3 Å². The molecule has 272 valence electrons. The molecule has 2 N–H and O–H groups in total. The molecule has 0 bridgehead atoms. The number of rotatable bonds is 9. The van der Waals surface area contributed by atoms with Gasteiger partial charge in [0, 0.05) is 18.9 Å². The number of imide groups is 2. The van der Waals surface area contributed by atoms with E-state index in [1.807, 2.05) is 0 Å². The first-order valence-electron chi connectivity index (χ1n) is 15.6. The fourth-order valence-corrected chi connectivity index (χ4v) is 9.02. The number of benzene rings is 2. The minimum atomic E-state index is -2.78. The number of halogens is 8. The Balaban J connectivity index is 1.50. The molecule has 2 saturated heterocycles. The van der Waals surface area contributed by atoms with Crippen molar-refractivity contribution in [3.05, 3.63) is 63.5 Å². The van der Waals surface area contributed by atoms with Gasteiger partial charge in [-0.1, -0.05) is 29.7 Å². The molecule has 0 radical (unpaired) electrons. The van der Waals surface area contributed by atoms with Crippen LogP contribution in [0.1, 0.15) is 50.0 Å². The number of likely N-dealkylation sites (tertiary alicyclic amines) is 1. The van der Waals surface area contributed by atoms with E-state index in [-0.39, 0.29) is 52.6 Å². The van der Waals surface area contributed by atoms with Gasteiger partial charge in [0.2, 0.25) is 17.6 Å². The summed E-state index contributed by atoms with van der Waals surface area (Å²) in [5, 5.41) is 19.0. The van der Waals surface area contributed by atoms with Gasteiger partial charge < -0.3 is 14.9 Å². The van der Waals surface area contributed by atoms with Crippen LogP contribution in [0, 0.1) is 46.8 Å². The van der Waals surface area contributed by atoms with Crippen molar-refractivity contribution in [2.75, 3.05) is 18.6 Å². The summed E-state index contributed by atoms with van der Waals surface area (Å²) >= 11 is 20.5. The highest BCUT2D eigenvalue weighted by Gasteiger charge is 2.77. The normalized spacial score (nSPS) is 28.5. The third kappa shape index (κ3) is 5.20. The molecule has 2 heterocycles. The highest BCUT2D eigenvalue weighted by Crippen LogP contribution is 2.66. The molecular weight excluding hydrogens is 754 g/mol. The Morgan fingerprint density at radius 1 is 0.922 bits per heavy atom. The summed E-state index contributed by atoms with van der Waals surface area (Å²) in [6.45, 7) is -0.0442. The van der Waals surface area contributed by atoms with Gasteiger partial charge in [-0.05, 0) is 49.3 Å². The van der Waals surface area contributed by atoms with E-state index >= 15 is 8.78 Å². The topological polar surface area (TPSA) is 142 Å². The molecule has 2 aliphatic heterocycles. The van der Waals surface area contributed by atoms with Gasteiger partial charge in [-0.2, -0.15) is 0 Å². The van der Waals surface area contributed by atoms with Crippen LogP contribution in [0.4, 0.5) is 27.6 Å². The molecule has 3 fully saturated rings. The first-order chi connectivity index (χ1) is 23.9. The van der Waals surface area contributed by atoms with E-state index in [2.05, 4.69) is 0 Å². The van der Waals surface area contributed by atoms with Gasteiger partial charge in [-0.15, -0.1) is 23.2 Å². The number of fused-ring (bicyclic) bond motifs is 4. The zero-order valence-electron chi connectivity index (χ0n) is 26.3. The quantitative estimate of drug-likeness (QED) is 0.0605. The number of methoxy groups -OCH3 is 1. The Hall–Kier alpha value is -3.95. The number of hydrogen-bond acceptors (Lipinski definition) is 7.